The van der Waals surface area contributed by atoms with E-state index < -0.39 is 0 Å². The van der Waals surface area contributed by atoms with Gasteiger partial charge in [0.05, 0.1) is 13.7 Å². The molecular weight excluding hydrogens is 300 g/mol. The monoisotopic (exact) mass is 314 g/mol. The highest BCUT2D eigenvalue weighted by Crippen LogP contribution is 2.14. The first-order valence-electron chi connectivity index (χ1n) is 6.61. The molecule has 112 valence electrons. The molecule has 0 heterocycles. The van der Waals surface area contributed by atoms with Crippen LogP contribution in [-0.2, 0) is 0 Å². The number of hydrogen-bond donors (Lipinski definition) is 2. The van der Waals surface area contributed by atoms with E-state index in [0.717, 1.165) is 11.3 Å². The molecule has 0 unspecified atom stereocenters. The zero-order chi connectivity index (χ0) is 15.8. The summed E-state index contributed by atoms with van der Waals surface area (Å²) >= 11 is 5.84. The molecule has 0 atom stereocenters. The second kappa shape index (κ2) is 7.96. The molecule has 2 aromatic carbocycles. The first kappa shape index (κ1) is 15.7. The number of urea groups is 1. The number of ether oxygens (including phenoxy) is 1. The van der Waals surface area contributed by atoms with Gasteiger partial charge in [0, 0.05) is 16.3 Å². The third-order valence-electron chi connectivity index (χ3n) is 2.74. The van der Waals surface area contributed by atoms with E-state index in [9.17, 15) is 4.79 Å². The Balaban J connectivity index is 1.80. The number of carbonyl (C=O) groups is 1. The molecule has 0 aliphatic carbocycles. The molecule has 0 fully saturated rings. The highest BCUT2D eigenvalue weighted by Gasteiger charge is 1.99. The van der Waals surface area contributed by atoms with E-state index in [4.69, 9.17) is 16.3 Å². The maximum Gasteiger partial charge on any atom is 0.319 e. The molecule has 0 bridgehead atoms. The molecule has 0 aromatic heterocycles. The van der Waals surface area contributed by atoms with Crippen molar-refractivity contribution < 1.29 is 9.53 Å². The van der Waals surface area contributed by atoms with Gasteiger partial charge in [-0.3, -0.25) is 0 Å². The van der Waals surface area contributed by atoms with Gasteiger partial charge in [-0.2, -0.15) is 0 Å². The molecule has 0 saturated heterocycles. The Labute approximate surface area is 134 Å². The maximum absolute atomic E-state index is 11.7. The molecular formula is C17H15ClN2O2. The van der Waals surface area contributed by atoms with Crippen LogP contribution < -0.4 is 15.4 Å². The van der Waals surface area contributed by atoms with Crippen LogP contribution >= 0.6 is 11.6 Å². The summed E-state index contributed by atoms with van der Waals surface area (Å²) in [5.41, 5.74) is 1.49. The zero-order valence-electron chi connectivity index (χ0n) is 12.0. The first-order valence-corrected chi connectivity index (χ1v) is 6.98. The van der Waals surface area contributed by atoms with Crippen molar-refractivity contribution in [3.8, 4) is 17.6 Å². The maximum atomic E-state index is 11.7. The molecule has 4 nitrogen and oxygen atoms in total. The summed E-state index contributed by atoms with van der Waals surface area (Å²) in [6, 6.07) is 14.0. The van der Waals surface area contributed by atoms with E-state index in [1.807, 2.05) is 24.3 Å². The van der Waals surface area contributed by atoms with Gasteiger partial charge in [-0.15, -0.1) is 0 Å². The number of methoxy groups -OCH3 is 1. The Morgan fingerprint density at radius 3 is 2.68 bits per heavy atom. The van der Waals surface area contributed by atoms with E-state index in [0.29, 0.717) is 10.7 Å². The molecule has 5 heteroatoms. The van der Waals surface area contributed by atoms with Crippen LogP contribution in [0.5, 0.6) is 5.75 Å². The summed E-state index contributed by atoms with van der Waals surface area (Å²) in [4.78, 5) is 11.7. The van der Waals surface area contributed by atoms with Gasteiger partial charge in [0.25, 0.3) is 0 Å². The standard InChI is InChI=1S/C17H15ClN2O2/c1-22-16-9-7-13(8-10-16)4-3-11-19-17(21)20-15-6-2-5-14(18)12-15/h2,5-10,12H,11H2,1H3,(H2,19,20,21). The van der Waals surface area contributed by atoms with Crippen LogP contribution in [-0.4, -0.2) is 19.7 Å². The molecule has 0 aliphatic rings. The molecule has 0 spiro atoms. The van der Waals surface area contributed by atoms with Crippen LogP contribution in [0.25, 0.3) is 0 Å². The van der Waals surface area contributed by atoms with Crippen molar-refractivity contribution in [2.75, 3.05) is 19.0 Å². The van der Waals surface area contributed by atoms with E-state index in [1.165, 1.54) is 0 Å². The first-order chi connectivity index (χ1) is 10.7. The number of nitrogens with one attached hydrogen (secondary N) is 2. The highest BCUT2D eigenvalue weighted by molar-refractivity contribution is 6.30. The number of halogens is 1. The third-order valence-corrected chi connectivity index (χ3v) is 2.98. The minimum Gasteiger partial charge on any atom is -0.497 e. The number of amides is 2. The second-order valence-electron chi connectivity index (χ2n) is 4.35. The molecule has 2 N–H and O–H groups in total. The van der Waals surface area contributed by atoms with E-state index in [1.54, 1.807) is 31.4 Å². The number of benzene rings is 2. The van der Waals surface area contributed by atoms with Gasteiger partial charge in [0.15, 0.2) is 0 Å². The Morgan fingerprint density at radius 1 is 1.23 bits per heavy atom. The van der Waals surface area contributed by atoms with Gasteiger partial charge < -0.3 is 15.4 Å². The van der Waals surface area contributed by atoms with Crippen LogP contribution in [0.15, 0.2) is 48.5 Å². The average Bonchev–Trinajstić information content (AvgIpc) is 2.52. The summed E-state index contributed by atoms with van der Waals surface area (Å²) in [5.74, 6) is 6.62. The van der Waals surface area contributed by atoms with Crippen molar-refractivity contribution in [1.29, 1.82) is 0 Å². The SMILES string of the molecule is COc1ccc(C#CCNC(=O)Nc2cccc(Cl)c2)cc1. The molecule has 2 rings (SSSR count). The van der Waals surface area contributed by atoms with E-state index in [-0.39, 0.29) is 12.6 Å². The predicted molar refractivity (Wildman–Crippen MR) is 88.3 cm³/mol. The van der Waals surface area contributed by atoms with Crippen LogP contribution in [0.3, 0.4) is 0 Å². The Kier molecular flexibility index (Phi) is 5.70. The fourth-order valence-corrected chi connectivity index (χ4v) is 1.88. The van der Waals surface area contributed by atoms with Crippen LogP contribution in [0, 0.1) is 11.8 Å². The molecule has 2 aromatic rings. The fraction of sp³-hybridized carbons (Fsp3) is 0.118. The molecule has 0 radical (unpaired) electrons. The van der Waals surface area contributed by atoms with Gasteiger partial charge >= 0.3 is 6.03 Å². The lowest BCUT2D eigenvalue weighted by Crippen LogP contribution is -2.28. The largest absolute Gasteiger partial charge is 0.497 e. The number of carbonyl (C=O) groups excluding carboxylic acids is 1. The second-order valence-corrected chi connectivity index (χ2v) is 4.78. The minimum absolute atomic E-state index is 0.248. The third kappa shape index (κ3) is 5.04. The quantitative estimate of drug-likeness (QED) is 0.852. The van der Waals surface area contributed by atoms with Crippen molar-refractivity contribution >= 4 is 23.3 Å². The lowest BCUT2D eigenvalue weighted by Gasteiger charge is -2.05. The van der Waals surface area contributed by atoms with E-state index in [2.05, 4.69) is 22.5 Å². The van der Waals surface area contributed by atoms with Gasteiger partial charge in [-0.05, 0) is 42.5 Å². The van der Waals surface area contributed by atoms with Crippen LogP contribution in [0.2, 0.25) is 5.02 Å². The van der Waals surface area contributed by atoms with Crippen LogP contribution in [0.1, 0.15) is 5.56 Å². The lowest BCUT2D eigenvalue weighted by molar-refractivity contribution is 0.253. The van der Waals surface area contributed by atoms with Crippen molar-refractivity contribution in [3.63, 3.8) is 0 Å². The fourth-order valence-electron chi connectivity index (χ4n) is 1.69. The smallest absolute Gasteiger partial charge is 0.319 e. The van der Waals surface area contributed by atoms with Crippen molar-refractivity contribution in [2.24, 2.45) is 0 Å². The van der Waals surface area contributed by atoms with E-state index >= 15 is 0 Å². The summed E-state index contributed by atoms with van der Waals surface area (Å²) in [5, 5.41) is 5.90. The summed E-state index contributed by atoms with van der Waals surface area (Å²) < 4.78 is 5.07. The van der Waals surface area contributed by atoms with Crippen molar-refractivity contribution in [3.05, 3.63) is 59.1 Å². The zero-order valence-corrected chi connectivity index (χ0v) is 12.8. The topological polar surface area (TPSA) is 50.4 Å². The number of anilines is 1. The molecule has 22 heavy (non-hydrogen) atoms. The molecule has 0 saturated carbocycles. The van der Waals surface area contributed by atoms with Crippen molar-refractivity contribution in [1.82, 2.24) is 5.32 Å². The summed E-state index contributed by atoms with van der Waals surface area (Å²) in [6.07, 6.45) is 0. The van der Waals surface area contributed by atoms with Gasteiger partial charge in [0.2, 0.25) is 0 Å². The Bertz CT molecular complexity index is 703. The van der Waals surface area contributed by atoms with Gasteiger partial charge in [0.1, 0.15) is 5.75 Å². The summed E-state index contributed by atoms with van der Waals surface area (Å²) in [7, 11) is 1.61. The van der Waals surface area contributed by atoms with Crippen molar-refractivity contribution in [2.45, 2.75) is 0 Å². The normalized spacial score (nSPS) is 9.36. The number of rotatable bonds is 3. The van der Waals surface area contributed by atoms with Gasteiger partial charge in [-0.25, -0.2) is 4.79 Å². The molecule has 0 aliphatic heterocycles. The van der Waals surface area contributed by atoms with Crippen LogP contribution in [0.4, 0.5) is 10.5 Å². The Morgan fingerprint density at radius 2 is 2.00 bits per heavy atom. The van der Waals surface area contributed by atoms with Gasteiger partial charge in [-0.1, -0.05) is 29.5 Å². The minimum atomic E-state index is -0.328. The lowest BCUT2D eigenvalue weighted by atomic mass is 10.2. The predicted octanol–water partition coefficient (Wildman–Crippen LogP) is 3.52. The summed E-state index contributed by atoms with van der Waals surface area (Å²) in [6.45, 7) is 0.248. The molecule has 2 amide bonds. The highest BCUT2D eigenvalue weighted by atomic mass is 35.5. The average molecular weight is 315 g/mol. The number of hydrogen-bond acceptors (Lipinski definition) is 2. The Hall–Kier alpha value is -2.64.